The number of hydrogen-bond donors (Lipinski definition) is 1. The normalized spacial score (nSPS) is 10.6. The molecule has 1 amide bonds. The Morgan fingerprint density at radius 1 is 1.16 bits per heavy atom. The van der Waals surface area contributed by atoms with Crippen molar-refractivity contribution < 1.29 is 4.79 Å². The number of carbonyl (C=O) groups excluding carboxylic acids is 1. The summed E-state index contributed by atoms with van der Waals surface area (Å²) in [5.74, 6) is 0.814. The molecule has 0 unspecified atom stereocenters. The minimum absolute atomic E-state index is 0.0306. The van der Waals surface area contributed by atoms with Crippen LogP contribution in [0.4, 0.5) is 0 Å². The predicted molar refractivity (Wildman–Crippen MR) is 103 cm³/mol. The van der Waals surface area contributed by atoms with E-state index in [1.165, 1.54) is 4.90 Å². The van der Waals surface area contributed by atoms with Gasteiger partial charge in [0.25, 0.3) is 5.91 Å². The molecule has 0 bridgehead atoms. The average Bonchev–Trinajstić information content (AvgIpc) is 2.94. The summed E-state index contributed by atoms with van der Waals surface area (Å²) in [4.78, 5) is 17.9. The van der Waals surface area contributed by atoms with Gasteiger partial charge in [0.2, 0.25) is 0 Å². The van der Waals surface area contributed by atoms with Gasteiger partial charge in [-0.2, -0.15) is 0 Å². The quantitative estimate of drug-likeness (QED) is 0.539. The van der Waals surface area contributed by atoms with E-state index in [4.69, 9.17) is 0 Å². The molecule has 0 spiro atoms. The Balaban J connectivity index is 1.63. The van der Waals surface area contributed by atoms with Crippen molar-refractivity contribution in [3.63, 3.8) is 0 Å². The first-order chi connectivity index (χ1) is 12.2. The molecule has 0 saturated heterocycles. The lowest BCUT2D eigenvalue weighted by Gasteiger charge is -2.09. The smallest absolute Gasteiger partial charge is 0.253 e. The van der Waals surface area contributed by atoms with Crippen molar-refractivity contribution in [2.24, 2.45) is 0 Å². The third-order valence-corrected chi connectivity index (χ3v) is 4.99. The zero-order valence-corrected chi connectivity index (χ0v) is 15.2. The van der Waals surface area contributed by atoms with Gasteiger partial charge in [-0.15, -0.1) is 11.8 Å². The first kappa shape index (κ1) is 17.3. The zero-order chi connectivity index (χ0) is 17.6. The second kappa shape index (κ2) is 8.03. The number of amides is 1. The Hall–Kier alpha value is -2.53. The summed E-state index contributed by atoms with van der Waals surface area (Å²) in [5, 5.41) is 3.01. The number of hydrogen-bond acceptors (Lipinski definition) is 3. The van der Waals surface area contributed by atoms with E-state index in [0.29, 0.717) is 12.1 Å². The molecule has 0 aliphatic rings. The Morgan fingerprint density at radius 3 is 2.68 bits per heavy atom. The molecule has 1 aromatic carbocycles. The highest BCUT2D eigenvalue weighted by Crippen LogP contribution is 2.20. The summed E-state index contributed by atoms with van der Waals surface area (Å²) in [7, 11) is 0. The average molecular weight is 351 g/mol. The number of rotatable bonds is 6. The highest BCUT2D eigenvalue weighted by Gasteiger charge is 2.16. The van der Waals surface area contributed by atoms with E-state index in [9.17, 15) is 4.79 Å². The minimum Gasteiger partial charge on any atom is -0.351 e. The summed E-state index contributed by atoms with van der Waals surface area (Å²) in [5.41, 5.74) is 3.63. The van der Waals surface area contributed by atoms with Gasteiger partial charge < -0.3 is 9.88 Å². The van der Waals surface area contributed by atoms with Crippen LogP contribution >= 0.6 is 11.8 Å². The topological polar surface area (TPSA) is 46.9 Å². The molecule has 1 N–H and O–H groups in total. The van der Waals surface area contributed by atoms with Crippen LogP contribution in [0.15, 0.2) is 65.8 Å². The van der Waals surface area contributed by atoms with Gasteiger partial charge in [0.05, 0.1) is 17.4 Å². The Labute approximate surface area is 152 Å². The number of pyridine rings is 1. The minimum atomic E-state index is -0.0306. The molecule has 5 heteroatoms. The number of thioether (sulfide) groups is 1. The Bertz CT molecular complexity index is 844. The Morgan fingerprint density at radius 2 is 1.96 bits per heavy atom. The van der Waals surface area contributed by atoms with Crippen molar-refractivity contribution in [2.45, 2.75) is 18.7 Å². The second-order valence-corrected chi connectivity index (χ2v) is 6.92. The molecular weight excluding hydrogens is 330 g/mol. The van der Waals surface area contributed by atoms with Crippen molar-refractivity contribution in [3.8, 4) is 5.69 Å². The molecule has 25 heavy (non-hydrogen) atoms. The number of nitrogens with one attached hydrogen (secondary N) is 1. The lowest BCUT2D eigenvalue weighted by atomic mass is 10.2. The molecule has 0 aliphatic carbocycles. The van der Waals surface area contributed by atoms with Crippen LogP contribution in [-0.2, 0) is 0 Å². The van der Waals surface area contributed by atoms with Gasteiger partial charge in [-0.25, -0.2) is 0 Å². The molecule has 3 aromatic rings. The maximum Gasteiger partial charge on any atom is 0.253 e. The summed E-state index contributed by atoms with van der Waals surface area (Å²) >= 11 is 1.74. The highest BCUT2D eigenvalue weighted by molar-refractivity contribution is 7.99. The SMILES string of the molecule is Cc1cc(C(=O)NCCSc2ccccc2)c(C)n1-c1cccnc1. The molecule has 0 saturated carbocycles. The van der Waals surface area contributed by atoms with E-state index < -0.39 is 0 Å². The third-order valence-electron chi connectivity index (χ3n) is 3.98. The first-order valence-corrected chi connectivity index (χ1v) is 9.21. The molecule has 0 radical (unpaired) electrons. The summed E-state index contributed by atoms with van der Waals surface area (Å²) in [6.07, 6.45) is 3.55. The highest BCUT2D eigenvalue weighted by atomic mass is 32.2. The van der Waals surface area contributed by atoms with Crippen LogP contribution < -0.4 is 5.32 Å². The van der Waals surface area contributed by atoms with E-state index in [1.807, 2.05) is 50.2 Å². The molecular formula is C20H21N3OS. The maximum atomic E-state index is 12.5. The largest absolute Gasteiger partial charge is 0.351 e. The van der Waals surface area contributed by atoms with E-state index in [1.54, 1.807) is 24.2 Å². The Kier molecular flexibility index (Phi) is 5.56. The van der Waals surface area contributed by atoms with Crippen molar-refractivity contribution >= 4 is 17.7 Å². The molecule has 2 aromatic heterocycles. The summed E-state index contributed by atoms with van der Waals surface area (Å²) in [6.45, 7) is 4.60. The lowest BCUT2D eigenvalue weighted by Crippen LogP contribution is -2.26. The maximum absolute atomic E-state index is 12.5. The van der Waals surface area contributed by atoms with Crippen molar-refractivity contribution in [2.75, 3.05) is 12.3 Å². The lowest BCUT2D eigenvalue weighted by molar-refractivity contribution is 0.0955. The predicted octanol–water partition coefficient (Wildman–Crippen LogP) is 4.01. The van der Waals surface area contributed by atoms with Gasteiger partial charge in [-0.3, -0.25) is 9.78 Å². The van der Waals surface area contributed by atoms with Gasteiger partial charge in [0.15, 0.2) is 0 Å². The van der Waals surface area contributed by atoms with Crippen LogP contribution in [0.5, 0.6) is 0 Å². The second-order valence-electron chi connectivity index (χ2n) is 5.75. The van der Waals surface area contributed by atoms with Crippen LogP contribution in [-0.4, -0.2) is 27.8 Å². The van der Waals surface area contributed by atoms with Crippen LogP contribution in [0, 0.1) is 13.8 Å². The fourth-order valence-electron chi connectivity index (χ4n) is 2.82. The fourth-order valence-corrected chi connectivity index (χ4v) is 3.61. The third kappa shape index (κ3) is 4.12. The number of aromatic nitrogens is 2. The number of benzene rings is 1. The number of carbonyl (C=O) groups is 1. The number of aryl methyl sites for hydroxylation is 1. The summed E-state index contributed by atoms with van der Waals surface area (Å²) < 4.78 is 2.06. The van der Waals surface area contributed by atoms with Gasteiger partial charge >= 0.3 is 0 Å². The van der Waals surface area contributed by atoms with Gasteiger partial charge in [0.1, 0.15) is 0 Å². The van der Waals surface area contributed by atoms with Gasteiger partial charge in [-0.1, -0.05) is 18.2 Å². The monoisotopic (exact) mass is 351 g/mol. The van der Waals surface area contributed by atoms with Crippen LogP contribution in [0.1, 0.15) is 21.7 Å². The summed E-state index contributed by atoms with van der Waals surface area (Å²) in [6, 6.07) is 16.0. The molecule has 0 fully saturated rings. The van der Waals surface area contributed by atoms with E-state index in [0.717, 1.165) is 22.8 Å². The van der Waals surface area contributed by atoms with Crippen molar-refractivity contribution in [1.29, 1.82) is 0 Å². The van der Waals surface area contributed by atoms with Crippen LogP contribution in [0.2, 0.25) is 0 Å². The van der Waals surface area contributed by atoms with Crippen molar-refractivity contribution in [3.05, 3.63) is 77.9 Å². The van der Waals surface area contributed by atoms with E-state index in [-0.39, 0.29) is 5.91 Å². The van der Waals surface area contributed by atoms with Crippen molar-refractivity contribution in [1.82, 2.24) is 14.9 Å². The van der Waals surface area contributed by atoms with Crippen LogP contribution in [0.25, 0.3) is 5.69 Å². The molecule has 0 aliphatic heterocycles. The standard InChI is InChI=1S/C20H21N3OS/c1-15-13-19(16(2)23(15)17-7-6-10-21-14-17)20(24)22-11-12-25-18-8-4-3-5-9-18/h3-10,13-14H,11-12H2,1-2H3,(H,22,24). The molecule has 128 valence electrons. The fraction of sp³-hybridized carbons (Fsp3) is 0.200. The van der Waals surface area contributed by atoms with Gasteiger partial charge in [0, 0.05) is 34.8 Å². The molecule has 2 heterocycles. The van der Waals surface area contributed by atoms with E-state index >= 15 is 0 Å². The zero-order valence-electron chi connectivity index (χ0n) is 14.4. The number of nitrogens with zero attached hydrogens (tertiary/aromatic N) is 2. The van der Waals surface area contributed by atoms with Crippen LogP contribution in [0.3, 0.4) is 0 Å². The van der Waals surface area contributed by atoms with Gasteiger partial charge in [-0.05, 0) is 44.2 Å². The molecule has 4 nitrogen and oxygen atoms in total. The first-order valence-electron chi connectivity index (χ1n) is 8.22. The molecule has 0 atom stereocenters. The molecule has 3 rings (SSSR count). The van der Waals surface area contributed by atoms with E-state index in [2.05, 4.69) is 27.0 Å².